The lowest BCUT2D eigenvalue weighted by Crippen LogP contribution is -2.14. The summed E-state index contributed by atoms with van der Waals surface area (Å²) in [6, 6.07) is 11.2. The molecule has 0 aliphatic rings. The van der Waals surface area contributed by atoms with Gasteiger partial charge in [0.25, 0.3) is 5.69 Å². The summed E-state index contributed by atoms with van der Waals surface area (Å²) in [7, 11) is 0. The normalized spacial score (nSPS) is 10.2. The van der Waals surface area contributed by atoms with Crippen molar-refractivity contribution in [3.63, 3.8) is 0 Å². The number of nitrogens with zero attached hydrogens (tertiary/aromatic N) is 1. The molecule has 7 heteroatoms. The van der Waals surface area contributed by atoms with Crippen LogP contribution in [0.5, 0.6) is 11.5 Å². The van der Waals surface area contributed by atoms with Crippen LogP contribution in [-0.4, -0.2) is 24.0 Å². The van der Waals surface area contributed by atoms with Crippen LogP contribution >= 0.6 is 0 Å². The van der Waals surface area contributed by atoms with E-state index in [4.69, 9.17) is 9.47 Å². The molecule has 25 heavy (non-hydrogen) atoms. The van der Waals surface area contributed by atoms with Crippen molar-refractivity contribution in [1.29, 1.82) is 0 Å². The van der Waals surface area contributed by atoms with Crippen molar-refractivity contribution in [2.75, 3.05) is 18.5 Å². The molecule has 1 amide bonds. The van der Waals surface area contributed by atoms with Crippen molar-refractivity contribution in [2.45, 2.75) is 20.3 Å². The lowest BCUT2D eigenvalue weighted by atomic mass is 10.1. The van der Waals surface area contributed by atoms with Gasteiger partial charge in [-0.15, -0.1) is 0 Å². The Labute approximate surface area is 145 Å². The molecule has 0 aromatic heterocycles. The second-order valence-electron chi connectivity index (χ2n) is 5.18. The Bertz CT molecular complexity index is 761. The van der Waals surface area contributed by atoms with Gasteiger partial charge < -0.3 is 14.8 Å². The van der Waals surface area contributed by atoms with E-state index in [9.17, 15) is 14.9 Å². The number of anilines is 1. The van der Waals surface area contributed by atoms with Crippen LogP contribution in [0, 0.1) is 10.1 Å². The molecule has 0 atom stereocenters. The Kier molecular flexibility index (Phi) is 6.33. The predicted octanol–water partition coefficient (Wildman–Crippen LogP) is 3.57. The summed E-state index contributed by atoms with van der Waals surface area (Å²) in [6.07, 6.45) is 0.120. The first-order chi connectivity index (χ1) is 12.0. The molecule has 0 radical (unpaired) electrons. The minimum atomic E-state index is -0.503. The van der Waals surface area contributed by atoms with Crippen LogP contribution in [0.3, 0.4) is 0 Å². The van der Waals surface area contributed by atoms with Crippen molar-refractivity contribution in [1.82, 2.24) is 0 Å². The number of rotatable bonds is 8. The quantitative estimate of drug-likeness (QED) is 0.584. The van der Waals surface area contributed by atoms with E-state index in [1.807, 2.05) is 13.8 Å². The smallest absolute Gasteiger partial charge is 0.271 e. The van der Waals surface area contributed by atoms with Gasteiger partial charge in [-0.2, -0.15) is 0 Å². The molecule has 2 aromatic rings. The summed E-state index contributed by atoms with van der Waals surface area (Å²) in [5.74, 6) is 0.948. The Balaban J connectivity index is 2.08. The van der Waals surface area contributed by atoms with E-state index in [2.05, 4.69) is 5.32 Å². The first-order valence-electron chi connectivity index (χ1n) is 7.96. The predicted molar refractivity (Wildman–Crippen MR) is 94.2 cm³/mol. The standard InChI is InChI=1S/C18H20N2O5/c1-3-24-16-9-8-13(10-17(16)25-4-2)11-18(21)19-14-6-5-7-15(12-14)20(22)23/h5-10,12H,3-4,11H2,1-2H3,(H,19,21). The summed E-state index contributed by atoms with van der Waals surface area (Å²) in [5, 5.41) is 13.4. The van der Waals surface area contributed by atoms with E-state index in [0.29, 0.717) is 30.4 Å². The summed E-state index contributed by atoms with van der Waals surface area (Å²) in [4.78, 5) is 22.5. The Morgan fingerprint density at radius 3 is 2.48 bits per heavy atom. The summed E-state index contributed by atoms with van der Waals surface area (Å²) >= 11 is 0. The topological polar surface area (TPSA) is 90.7 Å². The second kappa shape index (κ2) is 8.68. The zero-order chi connectivity index (χ0) is 18.2. The Morgan fingerprint density at radius 2 is 1.80 bits per heavy atom. The van der Waals surface area contributed by atoms with Gasteiger partial charge in [-0.3, -0.25) is 14.9 Å². The SMILES string of the molecule is CCOc1ccc(CC(=O)Nc2cccc([N+](=O)[O-])c2)cc1OCC. The number of carbonyl (C=O) groups excluding carboxylic acids is 1. The number of hydrogen-bond donors (Lipinski definition) is 1. The first-order valence-corrected chi connectivity index (χ1v) is 7.96. The van der Waals surface area contributed by atoms with Gasteiger partial charge in [-0.25, -0.2) is 0 Å². The minimum absolute atomic E-state index is 0.0718. The fourth-order valence-corrected chi connectivity index (χ4v) is 2.29. The number of nitro groups is 1. The molecule has 0 heterocycles. The van der Waals surface area contributed by atoms with Gasteiger partial charge in [0.05, 0.1) is 24.6 Å². The van der Waals surface area contributed by atoms with Crippen LogP contribution in [-0.2, 0) is 11.2 Å². The number of nitrogens with one attached hydrogen (secondary N) is 1. The number of benzene rings is 2. The van der Waals surface area contributed by atoms with Crippen LogP contribution in [0.4, 0.5) is 11.4 Å². The largest absolute Gasteiger partial charge is 0.490 e. The number of carbonyl (C=O) groups is 1. The van der Waals surface area contributed by atoms with E-state index in [1.165, 1.54) is 18.2 Å². The van der Waals surface area contributed by atoms with Crippen molar-refractivity contribution >= 4 is 17.3 Å². The van der Waals surface area contributed by atoms with Crippen LogP contribution in [0.25, 0.3) is 0 Å². The summed E-state index contributed by atoms with van der Waals surface area (Å²) in [6.45, 7) is 4.77. The Morgan fingerprint density at radius 1 is 1.08 bits per heavy atom. The highest BCUT2D eigenvalue weighted by Gasteiger charge is 2.11. The third-order valence-corrected chi connectivity index (χ3v) is 3.31. The Hall–Kier alpha value is -3.09. The molecule has 1 N–H and O–H groups in total. The molecule has 0 saturated heterocycles. The van der Waals surface area contributed by atoms with Crippen LogP contribution < -0.4 is 14.8 Å². The average molecular weight is 344 g/mol. The number of hydrogen-bond acceptors (Lipinski definition) is 5. The number of nitro benzene ring substituents is 1. The molecule has 0 bridgehead atoms. The summed E-state index contributed by atoms with van der Waals surface area (Å²) in [5.41, 5.74) is 1.07. The molecule has 132 valence electrons. The molecule has 0 fully saturated rings. The van der Waals surface area contributed by atoms with E-state index in [1.54, 1.807) is 24.3 Å². The molecule has 0 saturated carbocycles. The lowest BCUT2D eigenvalue weighted by molar-refractivity contribution is -0.384. The van der Waals surface area contributed by atoms with E-state index < -0.39 is 4.92 Å². The van der Waals surface area contributed by atoms with Gasteiger partial charge in [0.1, 0.15) is 0 Å². The molecule has 2 aromatic carbocycles. The maximum absolute atomic E-state index is 12.2. The fraction of sp³-hybridized carbons (Fsp3) is 0.278. The summed E-state index contributed by atoms with van der Waals surface area (Å²) < 4.78 is 11.0. The molecule has 0 aliphatic carbocycles. The van der Waals surface area contributed by atoms with E-state index in [-0.39, 0.29) is 18.0 Å². The van der Waals surface area contributed by atoms with Gasteiger partial charge in [-0.05, 0) is 37.6 Å². The van der Waals surface area contributed by atoms with Crippen LogP contribution in [0.1, 0.15) is 19.4 Å². The maximum Gasteiger partial charge on any atom is 0.271 e. The second-order valence-corrected chi connectivity index (χ2v) is 5.18. The van der Waals surface area contributed by atoms with Gasteiger partial charge in [0.15, 0.2) is 11.5 Å². The van der Waals surface area contributed by atoms with Gasteiger partial charge >= 0.3 is 0 Å². The van der Waals surface area contributed by atoms with Crippen LogP contribution in [0.15, 0.2) is 42.5 Å². The van der Waals surface area contributed by atoms with Gasteiger partial charge in [0, 0.05) is 17.8 Å². The zero-order valence-electron chi connectivity index (χ0n) is 14.2. The highest BCUT2D eigenvalue weighted by Crippen LogP contribution is 2.29. The van der Waals surface area contributed by atoms with Gasteiger partial charge in [-0.1, -0.05) is 12.1 Å². The molecule has 0 spiro atoms. The highest BCUT2D eigenvalue weighted by molar-refractivity contribution is 5.92. The van der Waals surface area contributed by atoms with Crippen molar-refractivity contribution in [2.24, 2.45) is 0 Å². The highest BCUT2D eigenvalue weighted by atomic mass is 16.6. The molecular formula is C18H20N2O5. The van der Waals surface area contributed by atoms with E-state index in [0.717, 1.165) is 5.56 Å². The number of amides is 1. The fourth-order valence-electron chi connectivity index (χ4n) is 2.29. The lowest BCUT2D eigenvalue weighted by Gasteiger charge is -2.12. The molecule has 7 nitrogen and oxygen atoms in total. The number of ether oxygens (including phenoxy) is 2. The minimum Gasteiger partial charge on any atom is -0.490 e. The third kappa shape index (κ3) is 5.20. The maximum atomic E-state index is 12.2. The van der Waals surface area contributed by atoms with Crippen molar-refractivity contribution in [3.05, 3.63) is 58.1 Å². The van der Waals surface area contributed by atoms with E-state index >= 15 is 0 Å². The zero-order valence-corrected chi connectivity index (χ0v) is 14.2. The van der Waals surface area contributed by atoms with Crippen molar-refractivity contribution < 1.29 is 19.2 Å². The monoisotopic (exact) mass is 344 g/mol. The van der Waals surface area contributed by atoms with Crippen LogP contribution in [0.2, 0.25) is 0 Å². The molecule has 0 aliphatic heterocycles. The van der Waals surface area contributed by atoms with Crippen molar-refractivity contribution in [3.8, 4) is 11.5 Å². The molecule has 2 rings (SSSR count). The molecular weight excluding hydrogens is 324 g/mol. The first kappa shape index (κ1) is 18.3. The van der Waals surface area contributed by atoms with Gasteiger partial charge in [0.2, 0.25) is 5.91 Å². The average Bonchev–Trinajstić information content (AvgIpc) is 2.57. The number of non-ortho nitro benzene ring substituents is 1. The molecule has 0 unspecified atom stereocenters. The third-order valence-electron chi connectivity index (χ3n) is 3.31.